The topological polar surface area (TPSA) is 84.3 Å². The van der Waals surface area contributed by atoms with Gasteiger partial charge in [-0.3, -0.25) is 14.9 Å². The number of para-hydroxylation sites is 1. The minimum atomic E-state index is -0.466. The predicted octanol–water partition coefficient (Wildman–Crippen LogP) is 2.65. The fourth-order valence-electron chi connectivity index (χ4n) is 1.61. The molecule has 102 valence electrons. The van der Waals surface area contributed by atoms with Crippen molar-refractivity contribution in [3.8, 4) is 0 Å². The van der Waals surface area contributed by atoms with Crippen molar-refractivity contribution in [3.05, 3.63) is 64.7 Å². The number of benzene rings is 2. The molecule has 0 heterocycles. The number of amides is 1. The second-order valence-corrected chi connectivity index (χ2v) is 4.07. The number of carbonyl (C=O) groups is 1. The number of non-ortho nitro benzene ring substituents is 1. The van der Waals surface area contributed by atoms with Crippen LogP contribution in [0.25, 0.3) is 0 Å². The first-order valence-corrected chi connectivity index (χ1v) is 5.98. The normalized spacial score (nSPS) is 9.80. The summed E-state index contributed by atoms with van der Waals surface area (Å²) in [5.74, 6) is -0.186. The quantitative estimate of drug-likeness (QED) is 0.646. The van der Waals surface area contributed by atoms with Crippen molar-refractivity contribution in [2.75, 3.05) is 17.2 Å². The third-order valence-electron chi connectivity index (χ3n) is 2.59. The predicted molar refractivity (Wildman–Crippen MR) is 76.7 cm³/mol. The van der Waals surface area contributed by atoms with E-state index in [2.05, 4.69) is 10.6 Å². The molecule has 20 heavy (non-hydrogen) atoms. The molecule has 0 saturated heterocycles. The summed E-state index contributed by atoms with van der Waals surface area (Å²) in [6, 6.07) is 15.0. The Bertz CT molecular complexity index is 597. The van der Waals surface area contributed by atoms with Crippen LogP contribution in [0, 0.1) is 10.1 Å². The minimum Gasteiger partial charge on any atom is -0.376 e. The van der Waals surface area contributed by atoms with E-state index >= 15 is 0 Å². The van der Waals surface area contributed by atoms with Crippen LogP contribution in [0.3, 0.4) is 0 Å². The number of hydrogen-bond donors (Lipinski definition) is 2. The van der Waals surface area contributed by atoms with E-state index in [1.165, 1.54) is 12.1 Å². The fraction of sp³-hybridized carbons (Fsp3) is 0.0714. The summed E-state index contributed by atoms with van der Waals surface area (Å²) in [7, 11) is 0. The Morgan fingerprint density at radius 1 is 1.00 bits per heavy atom. The molecule has 0 radical (unpaired) electrons. The molecule has 2 aromatic carbocycles. The molecular formula is C14H13N3O3. The van der Waals surface area contributed by atoms with Gasteiger partial charge in [-0.2, -0.15) is 0 Å². The van der Waals surface area contributed by atoms with Gasteiger partial charge in [-0.15, -0.1) is 0 Å². The van der Waals surface area contributed by atoms with Crippen molar-refractivity contribution in [2.24, 2.45) is 0 Å². The van der Waals surface area contributed by atoms with Crippen LogP contribution in [0.1, 0.15) is 0 Å². The molecule has 6 nitrogen and oxygen atoms in total. The van der Waals surface area contributed by atoms with E-state index in [1.54, 1.807) is 24.3 Å². The van der Waals surface area contributed by atoms with Crippen LogP contribution in [-0.2, 0) is 4.79 Å². The van der Waals surface area contributed by atoms with Crippen LogP contribution in [0.4, 0.5) is 17.1 Å². The van der Waals surface area contributed by atoms with E-state index in [-0.39, 0.29) is 18.1 Å². The molecule has 0 unspecified atom stereocenters. The highest BCUT2D eigenvalue weighted by atomic mass is 16.6. The van der Waals surface area contributed by atoms with Crippen molar-refractivity contribution >= 4 is 23.0 Å². The zero-order valence-electron chi connectivity index (χ0n) is 10.6. The van der Waals surface area contributed by atoms with Gasteiger partial charge in [0.1, 0.15) is 0 Å². The number of carbonyl (C=O) groups excluding carboxylic acids is 1. The van der Waals surface area contributed by atoms with E-state index in [0.29, 0.717) is 5.69 Å². The largest absolute Gasteiger partial charge is 0.376 e. The van der Waals surface area contributed by atoms with Crippen LogP contribution in [0.2, 0.25) is 0 Å². The lowest BCUT2D eigenvalue weighted by molar-refractivity contribution is -0.384. The van der Waals surface area contributed by atoms with Crippen molar-refractivity contribution in [3.63, 3.8) is 0 Å². The van der Waals surface area contributed by atoms with Gasteiger partial charge in [0.25, 0.3) is 5.69 Å². The van der Waals surface area contributed by atoms with Crippen molar-refractivity contribution < 1.29 is 9.72 Å². The van der Waals surface area contributed by atoms with Crippen LogP contribution in [0.15, 0.2) is 54.6 Å². The summed E-state index contributed by atoms with van der Waals surface area (Å²) < 4.78 is 0. The Kier molecular flexibility index (Phi) is 4.28. The average Bonchev–Trinajstić information content (AvgIpc) is 2.46. The smallest absolute Gasteiger partial charge is 0.269 e. The zero-order valence-corrected chi connectivity index (χ0v) is 10.6. The SMILES string of the molecule is O=C(CNc1ccc([N+](=O)[O-])cc1)Nc1ccccc1. The first kappa shape index (κ1) is 13.5. The van der Waals surface area contributed by atoms with E-state index < -0.39 is 4.92 Å². The van der Waals surface area contributed by atoms with Gasteiger partial charge in [0.2, 0.25) is 5.91 Å². The zero-order chi connectivity index (χ0) is 14.4. The maximum Gasteiger partial charge on any atom is 0.269 e. The first-order chi connectivity index (χ1) is 9.65. The summed E-state index contributed by atoms with van der Waals surface area (Å²) in [5, 5.41) is 16.1. The van der Waals surface area contributed by atoms with Gasteiger partial charge in [0, 0.05) is 23.5 Å². The maximum absolute atomic E-state index is 11.7. The molecule has 2 N–H and O–H groups in total. The number of rotatable bonds is 5. The van der Waals surface area contributed by atoms with E-state index in [4.69, 9.17) is 0 Å². The summed E-state index contributed by atoms with van der Waals surface area (Å²) >= 11 is 0. The molecule has 0 atom stereocenters. The number of nitrogens with one attached hydrogen (secondary N) is 2. The number of hydrogen-bond acceptors (Lipinski definition) is 4. The molecule has 6 heteroatoms. The highest BCUT2D eigenvalue weighted by molar-refractivity contribution is 5.93. The maximum atomic E-state index is 11.7. The first-order valence-electron chi connectivity index (χ1n) is 5.98. The molecule has 0 saturated carbocycles. The Balaban J connectivity index is 1.85. The van der Waals surface area contributed by atoms with E-state index in [0.717, 1.165) is 5.69 Å². The van der Waals surface area contributed by atoms with Gasteiger partial charge in [-0.05, 0) is 24.3 Å². The third-order valence-corrected chi connectivity index (χ3v) is 2.59. The summed E-state index contributed by atoms with van der Waals surface area (Å²) in [5.41, 5.74) is 1.39. The molecule has 2 aromatic rings. The number of nitro groups is 1. The summed E-state index contributed by atoms with van der Waals surface area (Å²) in [6.45, 7) is 0.0900. The molecule has 0 bridgehead atoms. The minimum absolute atomic E-state index is 0.0179. The van der Waals surface area contributed by atoms with Crippen molar-refractivity contribution in [1.29, 1.82) is 0 Å². The highest BCUT2D eigenvalue weighted by Gasteiger charge is 2.05. The monoisotopic (exact) mass is 271 g/mol. The Hall–Kier alpha value is -2.89. The number of nitrogens with zero attached hydrogens (tertiary/aromatic N) is 1. The second kappa shape index (κ2) is 6.33. The van der Waals surface area contributed by atoms with Gasteiger partial charge in [0.15, 0.2) is 0 Å². The molecule has 0 aliphatic heterocycles. The molecule has 1 amide bonds. The van der Waals surface area contributed by atoms with Crippen molar-refractivity contribution in [1.82, 2.24) is 0 Å². The molecular weight excluding hydrogens is 258 g/mol. The molecule has 0 aliphatic rings. The third kappa shape index (κ3) is 3.81. The van der Waals surface area contributed by atoms with Gasteiger partial charge in [-0.25, -0.2) is 0 Å². The standard InChI is InChI=1S/C14H13N3O3/c18-14(16-12-4-2-1-3-5-12)10-15-11-6-8-13(9-7-11)17(19)20/h1-9,15H,10H2,(H,16,18). The molecule has 0 fully saturated rings. The highest BCUT2D eigenvalue weighted by Crippen LogP contribution is 2.15. The van der Waals surface area contributed by atoms with Gasteiger partial charge in [-0.1, -0.05) is 18.2 Å². The van der Waals surface area contributed by atoms with E-state index in [9.17, 15) is 14.9 Å². The molecule has 0 aromatic heterocycles. The lowest BCUT2D eigenvalue weighted by atomic mass is 10.3. The van der Waals surface area contributed by atoms with Gasteiger partial charge >= 0.3 is 0 Å². The van der Waals surface area contributed by atoms with Crippen molar-refractivity contribution in [2.45, 2.75) is 0 Å². The van der Waals surface area contributed by atoms with Crippen LogP contribution < -0.4 is 10.6 Å². The summed E-state index contributed by atoms with van der Waals surface area (Å²) in [4.78, 5) is 21.7. The summed E-state index contributed by atoms with van der Waals surface area (Å²) in [6.07, 6.45) is 0. The Morgan fingerprint density at radius 2 is 1.65 bits per heavy atom. The lowest BCUT2D eigenvalue weighted by Gasteiger charge is -2.07. The molecule has 2 rings (SSSR count). The van der Waals surface area contributed by atoms with Crippen LogP contribution in [-0.4, -0.2) is 17.4 Å². The molecule has 0 aliphatic carbocycles. The second-order valence-electron chi connectivity index (χ2n) is 4.07. The lowest BCUT2D eigenvalue weighted by Crippen LogP contribution is -2.21. The number of anilines is 2. The fourth-order valence-corrected chi connectivity index (χ4v) is 1.61. The van der Waals surface area contributed by atoms with Gasteiger partial charge < -0.3 is 10.6 Å². The Morgan fingerprint density at radius 3 is 2.25 bits per heavy atom. The average molecular weight is 271 g/mol. The van der Waals surface area contributed by atoms with Crippen LogP contribution in [0.5, 0.6) is 0 Å². The van der Waals surface area contributed by atoms with E-state index in [1.807, 2.05) is 18.2 Å². The Labute approximate surface area is 115 Å². The molecule has 0 spiro atoms. The number of nitro benzene ring substituents is 1. The van der Waals surface area contributed by atoms with Gasteiger partial charge in [0.05, 0.1) is 11.5 Å². The van der Waals surface area contributed by atoms with Crippen LogP contribution >= 0.6 is 0 Å².